The van der Waals surface area contributed by atoms with Crippen molar-refractivity contribution in [3.8, 4) is 0 Å². The summed E-state index contributed by atoms with van der Waals surface area (Å²) in [5.74, 6) is -0.596. The van der Waals surface area contributed by atoms with Crippen LogP contribution < -0.4 is 5.73 Å². The molecule has 1 fully saturated rings. The summed E-state index contributed by atoms with van der Waals surface area (Å²) < 4.78 is 4.88. The van der Waals surface area contributed by atoms with E-state index in [0.717, 1.165) is 6.42 Å². The topological polar surface area (TPSA) is 72.7 Å². The molecule has 0 unspecified atom stereocenters. The van der Waals surface area contributed by atoms with E-state index >= 15 is 0 Å². The lowest BCUT2D eigenvalue weighted by atomic mass is 10.1. The Labute approximate surface area is 95.1 Å². The molecule has 0 radical (unpaired) electrons. The molecule has 0 aromatic heterocycles. The Morgan fingerprint density at radius 1 is 1.25 bits per heavy atom. The van der Waals surface area contributed by atoms with E-state index in [0.29, 0.717) is 12.8 Å². The maximum atomic E-state index is 11.4. The summed E-state index contributed by atoms with van der Waals surface area (Å²) in [6, 6.07) is 0. The second kappa shape index (κ2) is 6.23. The maximum absolute atomic E-state index is 11.4. The Morgan fingerprint density at radius 2 is 2.00 bits per heavy atom. The summed E-state index contributed by atoms with van der Waals surface area (Å²) in [4.78, 5) is 22.1. The van der Waals surface area contributed by atoms with Gasteiger partial charge < -0.3 is 10.5 Å². The van der Waals surface area contributed by atoms with Gasteiger partial charge in [0.05, 0.1) is 0 Å². The molecule has 88 valence electrons. The zero-order chi connectivity index (χ0) is 12.0. The second-order valence-corrected chi connectivity index (χ2v) is 3.66. The van der Waals surface area contributed by atoms with Crippen LogP contribution in [-0.4, -0.2) is 23.9 Å². The van der Waals surface area contributed by atoms with Gasteiger partial charge in [0.1, 0.15) is 0 Å². The van der Waals surface area contributed by atoms with Gasteiger partial charge in [-0.15, -0.1) is 0 Å². The van der Waals surface area contributed by atoms with Crippen molar-refractivity contribution in [1.82, 2.24) is 0 Å². The number of hydrogen-bond donors (Lipinski definition) is 1. The molecule has 1 amide bonds. The van der Waals surface area contributed by atoms with E-state index in [1.54, 1.807) is 0 Å². The van der Waals surface area contributed by atoms with Gasteiger partial charge in [0.2, 0.25) is 5.91 Å². The number of carbonyl (C=O) groups excluding carboxylic acids is 2. The Kier molecular flexibility index (Phi) is 4.92. The predicted octanol–water partition coefficient (Wildman–Crippen LogP) is 1.11. The fraction of sp³-hybridized carbons (Fsp3) is 0.500. The maximum Gasteiger partial charge on any atom is 0.249 e. The van der Waals surface area contributed by atoms with Crippen LogP contribution in [0.15, 0.2) is 24.3 Å². The first-order valence-corrected chi connectivity index (χ1v) is 5.40. The number of allylic oxidation sites excluding steroid dienone is 4. The third-order valence-corrected chi connectivity index (χ3v) is 2.32. The van der Waals surface area contributed by atoms with Crippen LogP contribution in [0, 0.1) is 0 Å². The highest BCUT2D eigenvalue weighted by Crippen LogP contribution is 2.24. The van der Waals surface area contributed by atoms with Crippen molar-refractivity contribution in [1.29, 1.82) is 0 Å². The smallest absolute Gasteiger partial charge is 0.249 e. The predicted molar refractivity (Wildman–Crippen MR) is 60.7 cm³/mol. The normalized spacial score (nSPS) is 24.1. The van der Waals surface area contributed by atoms with Gasteiger partial charge in [-0.25, -0.2) is 0 Å². The quantitative estimate of drug-likeness (QED) is 0.519. The summed E-state index contributed by atoms with van der Waals surface area (Å²) in [7, 11) is 0. The number of epoxide rings is 1. The molecule has 0 saturated carbocycles. The van der Waals surface area contributed by atoms with Crippen LogP contribution in [0.5, 0.6) is 0 Å². The first-order valence-electron chi connectivity index (χ1n) is 5.40. The minimum atomic E-state index is -0.681. The van der Waals surface area contributed by atoms with E-state index in [1.165, 1.54) is 0 Å². The van der Waals surface area contributed by atoms with Gasteiger partial charge in [0.25, 0.3) is 0 Å². The minimum Gasteiger partial charge on any atom is -0.367 e. The average molecular weight is 223 g/mol. The van der Waals surface area contributed by atoms with Gasteiger partial charge in [-0.3, -0.25) is 9.59 Å². The monoisotopic (exact) mass is 223 g/mol. The third kappa shape index (κ3) is 3.98. The molecule has 1 saturated heterocycles. The van der Waals surface area contributed by atoms with Crippen molar-refractivity contribution in [3.63, 3.8) is 0 Å². The molecule has 4 heteroatoms. The highest BCUT2D eigenvalue weighted by atomic mass is 16.6. The molecule has 0 aliphatic carbocycles. The van der Waals surface area contributed by atoms with Crippen molar-refractivity contribution in [2.45, 2.75) is 38.4 Å². The zero-order valence-corrected chi connectivity index (χ0v) is 9.39. The van der Waals surface area contributed by atoms with Gasteiger partial charge in [-0.05, 0) is 19.8 Å². The standard InChI is InChI=1S/C12H17NO3/c1-2-3-4-5-6-7-8-9(14)10-11(16-10)12(13)15/h2-3,5-6,10-11H,4,7-8H2,1H3,(H2,13,15)/b3-2+,6-5-/t10-,11-/m1/s1. The lowest BCUT2D eigenvalue weighted by Gasteiger charge is -1.92. The minimum absolute atomic E-state index is 0.0421. The molecule has 0 spiro atoms. The number of ketones is 1. The summed E-state index contributed by atoms with van der Waals surface area (Å²) >= 11 is 0. The number of primary amides is 1. The molecule has 0 aromatic rings. The zero-order valence-electron chi connectivity index (χ0n) is 9.39. The van der Waals surface area contributed by atoms with Crippen molar-refractivity contribution in [2.75, 3.05) is 0 Å². The van der Waals surface area contributed by atoms with E-state index in [1.807, 2.05) is 31.2 Å². The van der Waals surface area contributed by atoms with E-state index in [2.05, 4.69) is 0 Å². The van der Waals surface area contributed by atoms with Crippen LogP contribution in [0.4, 0.5) is 0 Å². The fourth-order valence-electron chi connectivity index (χ4n) is 1.37. The van der Waals surface area contributed by atoms with Crippen LogP contribution in [0.25, 0.3) is 0 Å². The summed E-state index contributed by atoms with van der Waals surface area (Å²) in [6.45, 7) is 1.96. The molecular weight excluding hydrogens is 206 g/mol. The molecule has 0 aromatic carbocycles. The van der Waals surface area contributed by atoms with E-state index < -0.39 is 18.1 Å². The highest BCUT2D eigenvalue weighted by Gasteiger charge is 2.48. The number of ether oxygens (including phenoxy) is 1. The van der Waals surface area contributed by atoms with Crippen LogP contribution in [-0.2, 0) is 14.3 Å². The fourth-order valence-corrected chi connectivity index (χ4v) is 1.37. The van der Waals surface area contributed by atoms with Gasteiger partial charge in [0.15, 0.2) is 18.0 Å². The first kappa shape index (κ1) is 12.6. The van der Waals surface area contributed by atoms with Crippen molar-refractivity contribution in [2.24, 2.45) is 5.73 Å². The molecule has 2 atom stereocenters. The van der Waals surface area contributed by atoms with E-state index in [-0.39, 0.29) is 5.78 Å². The van der Waals surface area contributed by atoms with Gasteiger partial charge in [0, 0.05) is 6.42 Å². The van der Waals surface area contributed by atoms with Gasteiger partial charge in [-0.2, -0.15) is 0 Å². The number of Topliss-reactive ketones (excluding diaryl/α,β-unsaturated/α-hetero) is 1. The molecule has 1 rings (SSSR count). The van der Waals surface area contributed by atoms with E-state index in [9.17, 15) is 9.59 Å². The van der Waals surface area contributed by atoms with Crippen LogP contribution in [0.1, 0.15) is 26.2 Å². The second-order valence-electron chi connectivity index (χ2n) is 3.66. The molecule has 1 heterocycles. The molecule has 1 aliphatic rings. The van der Waals surface area contributed by atoms with Crippen molar-refractivity contribution < 1.29 is 14.3 Å². The Morgan fingerprint density at radius 3 is 2.56 bits per heavy atom. The lowest BCUT2D eigenvalue weighted by molar-refractivity contribution is -0.121. The van der Waals surface area contributed by atoms with Crippen LogP contribution in [0.3, 0.4) is 0 Å². The SMILES string of the molecule is C/C=C/C/C=C\CCC(=O)[C@H]1O[C@H]1C(N)=O. The first-order chi connectivity index (χ1) is 7.66. The largest absolute Gasteiger partial charge is 0.367 e. The Hall–Kier alpha value is -1.42. The molecule has 4 nitrogen and oxygen atoms in total. The molecule has 2 N–H and O–H groups in total. The third-order valence-electron chi connectivity index (χ3n) is 2.32. The van der Waals surface area contributed by atoms with Gasteiger partial charge in [-0.1, -0.05) is 24.3 Å². The lowest BCUT2D eigenvalue weighted by Crippen LogP contribution is -2.22. The number of rotatable bonds is 7. The number of amides is 1. The molecule has 0 bridgehead atoms. The summed E-state index contributed by atoms with van der Waals surface area (Å²) in [6.07, 6.45) is 8.68. The molecular formula is C12H17NO3. The average Bonchev–Trinajstić information content (AvgIpc) is 3.02. The van der Waals surface area contributed by atoms with Crippen LogP contribution >= 0.6 is 0 Å². The van der Waals surface area contributed by atoms with Crippen molar-refractivity contribution >= 4 is 11.7 Å². The summed E-state index contributed by atoms with van der Waals surface area (Å²) in [5.41, 5.74) is 5.00. The number of hydrogen-bond acceptors (Lipinski definition) is 3. The molecule has 1 aliphatic heterocycles. The number of carbonyl (C=O) groups is 2. The molecule has 16 heavy (non-hydrogen) atoms. The van der Waals surface area contributed by atoms with Gasteiger partial charge >= 0.3 is 0 Å². The Balaban J connectivity index is 2.12. The van der Waals surface area contributed by atoms with Crippen molar-refractivity contribution in [3.05, 3.63) is 24.3 Å². The Bertz CT molecular complexity index is 320. The van der Waals surface area contributed by atoms with Crippen LogP contribution in [0.2, 0.25) is 0 Å². The van der Waals surface area contributed by atoms with E-state index in [4.69, 9.17) is 10.5 Å². The highest BCUT2D eigenvalue weighted by molar-refractivity contribution is 5.95. The summed E-state index contributed by atoms with van der Waals surface area (Å²) in [5, 5.41) is 0. The number of nitrogens with two attached hydrogens (primary N) is 1.